The van der Waals surface area contributed by atoms with Gasteiger partial charge in [0.25, 0.3) is 15.9 Å². The Morgan fingerprint density at radius 1 is 1.06 bits per heavy atom. The van der Waals surface area contributed by atoms with Crippen LogP contribution < -0.4 is 14.8 Å². The van der Waals surface area contributed by atoms with Crippen LogP contribution in [0.25, 0.3) is 0 Å². The lowest BCUT2D eigenvalue weighted by molar-refractivity contribution is 0.102. The largest absolute Gasteiger partial charge is 0.495 e. The number of amides is 1. The van der Waals surface area contributed by atoms with Crippen LogP contribution in [0.4, 0.5) is 11.4 Å². The molecule has 0 saturated carbocycles. The van der Waals surface area contributed by atoms with Crippen LogP contribution in [0.15, 0.2) is 59.5 Å². The Hall–Kier alpha value is -3.54. The number of carbonyl (C=O) groups excluding carboxylic acids is 1. The predicted molar refractivity (Wildman–Crippen MR) is 124 cm³/mol. The quantitative estimate of drug-likeness (QED) is 0.534. The summed E-state index contributed by atoms with van der Waals surface area (Å²) in [5, 5.41) is 11.7. The highest BCUT2D eigenvalue weighted by Gasteiger charge is 2.23. The van der Waals surface area contributed by atoms with E-state index in [1.165, 1.54) is 43.5 Å². The SMILES string of the molecule is COc1ccc(NC(=O)c2cccc(C#N)c2Cl)cc1S(=O)(=O)Nc1c(C)cccc1C. The van der Waals surface area contributed by atoms with Gasteiger partial charge in [-0.05, 0) is 55.3 Å². The van der Waals surface area contributed by atoms with Crippen LogP contribution in [-0.2, 0) is 10.0 Å². The van der Waals surface area contributed by atoms with Crippen LogP contribution in [0.3, 0.4) is 0 Å². The Kier molecular flexibility index (Phi) is 6.72. The number of carbonyl (C=O) groups is 1. The summed E-state index contributed by atoms with van der Waals surface area (Å²) in [5.41, 5.74) is 2.49. The van der Waals surface area contributed by atoms with Gasteiger partial charge in [0.2, 0.25) is 0 Å². The highest BCUT2D eigenvalue weighted by molar-refractivity contribution is 7.92. The van der Waals surface area contributed by atoms with Gasteiger partial charge in [-0.3, -0.25) is 9.52 Å². The first-order valence-corrected chi connectivity index (χ1v) is 11.3. The maximum atomic E-state index is 13.2. The van der Waals surface area contributed by atoms with Gasteiger partial charge in [0.05, 0.1) is 28.9 Å². The Morgan fingerprint density at radius 3 is 2.34 bits per heavy atom. The van der Waals surface area contributed by atoms with Crippen LogP contribution in [0, 0.1) is 25.2 Å². The van der Waals surface area contributed by atoms with E-state index in [1.807, 2.05) is 12.1 Å². The van der Waals surface area contributed by atoms with E-state index in [4.69, 9.17) is 21.6 Å². The molecule has 0 heterocycles. The monoisotopic (exact) mass is 469 g/mol. The second-order valence-electron chi connectivity index (χ2n) is 6.97. The van der Waals surface area contributed by atoms with Gasteiger partial charge in [-0.2, -0.15) is 5.26 Å². The molecular weight excluding hydrogens is 450 g/mol. The summed E-state index contributed by atoms with van der Waals surface area (Å²) in [6.07, 6.45) is 0. The molecule has 0 saturated heterocycles. The highest BCUT2D eigenvalue weighted by Crippen LogP contribution is 2.31. The molecule has 2 N–H and O–H groups in total. The smallest absolute Gasteiger partial charge is 0.265 e. The fraction of sp³-hybridized carbons (Fsp3) is 0.130. The number of hydrogen-bond donors (Lipinski definition) is 2. The number of aryl methyl sites for hydroxylation is 2. The lowest BCUT2D eigenvalue weighted by atomic mass is 10.1. The first-order valence-electron chi connectivity index (χ1n) is 9.45. The van der Waals surface area contributed by atoms with Crippen molar-refractivity contribution in [2.75, 3.05) is 17.1 Å². The maximum absolute atomic E-state index is 13.2. The van der Waals surface area contributed by atoms with Crippen LogP contribution in [-0.4, -0.2) is 21.4 Å². The Balaban J connectivity index is 1.97. The molecule has 0 spiro atoms. The van der Waals surface area contributed by atoms with Crippen LogP contribution in [0.1, 0.15) is 27.0 Å². The molecule has 3 rings (SSSR count). The van der Waals surface area contributed by atoms with Crippen molar-refractivity contribution < 1.29 is 17.9 Å². The van der Waals surface area contributed by atoms with Crippen molar-refractivity contribution in [3.05, 3.63) is 81.9 Å². The van der Waals surface area contributed by atoms with E-state index < -0.39 is 15.9 Å². The summed E-state index contributed by atoms with van der Waals surface area (Å²) < 4.78 is 34.2. The Labute approximate surface area is 191 Å². The van der Waals surface area contributed by atoms with Gasteiger partial charge in [0, 0.05) is 5.69 Å². The van der Waals surface area contributed by atoms with Crippen molar-refractivity contribution in [1.29, 1.82) is 5.26 Å². The number of para-hydroxylation sites is 1. The zero-order valence-corrected chi connectivity index (χ0v) is 19.1. The molecule has 0 aliphatic heterocycles. The molecule has 0 fully saturated rings. The van der Waals surface area contributed by atoms with Gasteiger partial charge >= 0.3 is 0 Å². The molecular formula is C23H20ClN3O4S. The van der Waals surface area contributed by atoms with Crippen molar-refractivity contribution in [2.24, 2.45) is 0 Å². The minimum Gasteiger partial charge on any atom is -0.495 e. The maximum Gasteiger partial charge on any atom is 0.265 e. The predicted octanol–water partition coefficient (Wildman–Crippen LogP) is 4.89. The van der Waals surface area contributed by atoms with E-state index in [2.05, 4.69) is 10.0 Å². The van der Waals surface area contributed by atoms with Crippen molar-refractivity contribution in [3.8, 4) is 11.8 Å². The third-order valence-corrected chi connectivity index (χ3v) is 6.57. The van der Waals surface area contributed by atoms with Gasteiger partial charge in [0.15, 0.2) is 0 Å². The minimum absolute atomic E-state index is 0.0190. The lowest BCUT2D eigenvalue weighted by Crippen LogP contribution is -2.17. The molecule has 0 aliphatic rings. The van der Waals surface area contributed by atoms with Gasteiger partial charge in [-0.1, -0.05) is 35.9 Å². The van der Waals surface area contributed by atoms with Crippen molar-refractivity contribution in [3.63, 3.8) is 0 Å². The Morgan fingerprint density at radius 2 is 1.72 bits per heavy atom. The standard InChI is InChI=1S/C23H20ClN3O4S/c1-14-6-4-7-15(2)22(14)27-32(29,30)20-12-17(10-11-19(20)31-3)26-23(28)18-9-5-8-16(13-25)21(18)24/h4-12,27H,1-3H3,(H,26,28). The van der Waals surface area contributed by atoms with Crippen LogP contribution in [0.2, 0.25) is 5.02 Å². The molecule has 1 amide bonds. The van der Waals surface area contributed by atoms with Gasteiger partial charge in [-0.25, -0.2) is 8.42 Å². The minimum atomic E-state index is -4.04. The molecule has 0 radical (unpaired) electrons. The Bertz CT molecular complexity index is 1330. The number of methoxy groups -OCH3 is 1. The molecule has 9 heteroatoms. The van der Waals surface area contributed by atoms with E-state index in [0.29, 0.717) is 5.69 Å². The van der Waals surface area contributed by atoms with Crippen molar-refractivity contribution in [2.45, 2.75) is 18.7 Å². The topological polar surface area (TPSA) is 108 Å². The number of ether oxygens (including phenoxy) is 1. The zero-order chi connectivity index (χ0) is 23.5. The molecule has 0 atom stereocenters. The first kappa shape index (κ1) is 23.1. The molecule has 0 aliphatic carbocycles. The third kappa shape index (κ3) is 4.69. The summed E-state index contributed by atoms with van der Waals surface area (Å²) in [6, 6.07) is 16.1. The first-order chi connectivity index (χ1) is 15.2. The number of halogens is 1. The lowest BCUT2D eigenvalue weighted by Gasteiger charge is -2.16. The highest BCUT2D eigenvalue weighted by atomic mass is 35.5. The number of nitriles is 1. The second kappa shape index (κ2) is 9.30. The molecule has 0 unspecified atom stereocenters. The van der Waals surface area contributed by atoms with E-state index in [0.717, 1.165) is 11.1 Å². The number of sulfonamides is 1. The van der Waals surface area contributed by atoms with Gasteiger partial charge in [0.1, 0.15) is 16.7 Å². The number of rotatable bonds is 6. The number of benzene rings is 3. The average molecular weight is 470 g/mol. The fourth-order valence-corrected chi connectivity index (χ4v) is 4.77. The zero-order valence-electron chi connectivity index (χ0n) is 17.6. The summed E-state index contributed by atoms with van der Waals surface area (Å²) in [4.78, 5) is 12.6. The van der Waals surface area contributed by atoms with E-state index >= 15 is 0 Å². The number of anilines is 2. The van der Waals surface area contributed by atoms with E-state index in [-0.39, 0.29) is 32.5 Å². The summed E-state index contributed by atoms with van der Waals surface area (Å²) in [6.45, 7) is 3.61. The summed E-state index contributed by atoms with van der Waals surface area (Å²) >= 11 is 6.13. The van der Waals surface area contributed by atoms with Gasteiger partial charge < -0.3 is 10.1 Å². The fourth-order valence-electron chi connectivity index (χ4n) is 3.12. The second-order valence-corrected chi connectivity index (χ2v) is 9.00. The van der Waals surface area contributed by atoms with E-state index in [9.17, 15) is 13.2 Å². The molecule has 0 bridgehead atoms. The number of hydrogen-bond acceptors (Lipinski definition) is 5. The molecule has 3 aromatic rings. The van der Waals surface area contributed by atoms with Crippen molar-refractivity contribution >= 4 is 38.9 Å². The summed E-state index contributed by atoms with van der Waals surface area (Å²) in [5.74, 6) is -0.463. The molecule has 164 valence electrons. The van der Waals surface area contributed by atoms with Gasteiger partial charge in [-0.15, -0.1) is 0 Å². The molecule has 0 aromatic heterocycles. The number of nitrogens with zero attached hydrogens (tertiary/aromatic N) is 1. The van der Waals surface area contributed by atoms with E-state index in [1.54, 1.807) is 26.0 Å². The van der Waals surface area contributed by atoms with Crippen molar-refractivity contribution in [1.82, 2.24) is 0 Å². The summed E-state index contributed by atoms with van der Waals surface area (Å²) in [7, 11) is -2.68. The number of nitrogens with one attached hydrogen (secondary N) is 2. The van der Waals surface area contributed by atoms with Crippen LogP contribution in [0.5, 0.6) is 5.75 Å². The average Bonchev–Trinajstić information content (AvgIpc) is 2.76. The molecule has 32 heavy (non-hydrogen) atoms. The molecule has 7 nitrogen and oxygen atoms in total. The third-order valence-electron chi connectivity index (χ3n) is 4.79. The molecule has 3 aromatic carbocycles. The normalized spacial score (nSPS) is 10.8. The van der Waals surface area contributed by atoms with Crippen LogP contribution >= 0.6 is 11.6 Å².